The summed E-state index contributed by atoms with van der Waals surface area (Å²) in [4.78, 5) is 16.4. The molecule has 0 saturated carbocycles. The molecule has 0 aliphatic carbocycles. The second kappa shape index (κ2) is 6.69. The van der Waals surface area contributed by atoms with Gasteiger partial charge in [0.05, 0.1) is 5.41 Å². The maximum absolute atomic E-state index is 12.1. The molecule has 1 aromatic carbocycles. The smallest absolute Gasteiger partial charge is 0.231 e. The number of halogens is 1. The van der Waals surface area contributed by atoms with E-state index < -0.39 is 5.41 Å². The molecule has 0 atom stereocenters. The summed E-state index contributed by atoms with van der Waals surface area (Å²) in [6.07, 6.45) is 0. The molecule has 1 amide bonds. The number of aryl methyl sites for hydroxylation is 1. The number of aromatic nitrogens is 3. The molecule has 114 valence electrons. The molecule has 0 unspecified atom stereocenters. The first-order valence-corrected chi connectivity index (χ1v) is 6.43. The van der Waals surface area contributed by atoms with E-state index in [0.717, 1.165) is 11.4 Å². The molecule has 1 heterocycles. The molecule has 1 aromatic heterocycles. The number of hydrogen-bond donors (Lipinski definition) is 3. The molecule has 2 rings (SSSR count). The van der Waals surface area contributed by atoms with Gasteiger partial charge in [0.1, 0.15) is 5.82 Å². The zero-order chi connectivity index (χ0) is 14.8. The SMILES string of the molecule is Cc1nc(-c2cccc(NC(=O)C(C)(C)CN)c2)n[nH]1.Cl. The second-order valence-corrected chi connectivity index (χ2v) is 5.37. The van der Waals surface area contributed by atoms with Crippen LogP contribution in [-0.4, -0.2) is 27.6 Å². The Bertz CT molecular complexity index is 623. The van der Waals surface area contributed by atoms with E-state index in [9.17, 15) is 4.79 Å². The summed E-state index contributed by atoms with van der Waals surface area (Å²) in [7, 11) is 0. The average molecular weight is 310 g/mol. The lowest BCUT2D eigenvalue weighted by molar-refractivity contribution is -0.123. The maximum Gasteiger partial charge on any atom is 0.231 e. The number of anilines is 1. The minimum absolute atomic E-state index is 0. The molecule has 0 radical (unpaired) electrons. The van der Waals surface area contributed by atoms with Crippen molar-refractivity contribution in [1.29, 1.82) is 0 Å². The van der Waals surface area contributed by atoms with Gasteiger partial charge in [-0.25, -0.2) is 4.98 Å². The molecule has 0 aliphatic rings. The number of nitrogens with zero attached hydrogens (tertiary/aromatic N) is 2. The third-order valence-corrected chi connectivity index (χ3v) is 3.10. The minimum atomic E-state index is -0.600. The zero-order valence-electron chi connectivity index (χ0n) is 12.3. The molecule has 0 fully saturated rings. The lowest BCUT2D eigenvalue weighted by Gasteiger charge is -2.21. The topological polar surface area (TPSA) is 96.7 Å². The van der Waals surface area contributed by atoms with Gasteiger partial charge in [-0.1, -0.05) is 12.1 Å². The van der Waals surface area contributed by atoms with Crippen molar-refractivity contribution >= 4 is 24.0 Å². The van der Waals surface area contributed by atoms with E-state index in [1.54, 1.807) is 0 Å². The number of benzene rings is 1. The van der Waals surface area contributed by atoms with Gasteiger partial charge >= 0.3 is 0 Å². The van der Waals surface area contributed by atoms with Crippen LogP contribution >= 0.6 is 12.4 Å². The predicted octanol–water partition coefficient (Wildman–Crippen LogP) is 2.13. The molecule has 0 aliphatic heterocycles. The standard InChI is InChI=1S/C14H19N5O.ClH/c1-9-16-12(19-18-9)10-5-4-6-11(7-10)17-13(20)14(2,3)8-15;/h4-7H,8,15H2,1-3H3,(H,17,20)(H,16,18,19);1H. The van der Waals surface area contributed by atoms with Crippen LogP contribution in [0.25, 0.3) is 11.4 Å². The van der Waals surface area contributed by atoms with Crippen molar-refractivity contribution in [1.82, 2.24) is 15.2 Å². The van der Waals surface area contributed by atoms with Crippen LogP contribution in [0.3, 0.4) is 0 Å². The highest BCUT2D eigenvalue weighted by atomic mass is 35.5. The summed E-state index contributed by atoms with van der Waals surface area (Å²) >= 11 is 0. The Balaban J connectivity index is 0.00000220. The third-order valence-electron chi connectivity index (χ3n) is 3.10. The van der Waals surface area contributed by atoms with Crippen LogP contribution in [0.2, 0.25) is 0 Å². The third kappa shape index (κ3) is 4.03. The lowest BCUT2D eigenvalue weighted by atomic mass is 9.92. The van der Waals surface area contributed by atoms with Crippen molar-refractivity contribution in [2.24, 2.45) is 11.1 Å². The molecular formula is C14H20ClN5O. The van der Waals surface area contributed by atoms with E-state index in [1.165, 1.54) is 0 Å². The molecular weight excluding hydrogens is 290 g/mol. The predicted molar refractivity (Wildman–Crippen MR) is 85.3 cm³/mol. The molecule has 0 saturated heterocycles. The van der Waals surface area contributed by atoms with E-state index in [1.807, 2.05) is 45.0 Å². The highest BCUT2D eigenvalue weighted by Gasteiger charge is 2.25. The first-order valence-electron chi connectivity index (χ1n) is 6.43. The molecule has 2 aromatic rings. The Hall–Kier alpha value is -1.92. The Labute approximate surface area is 129 Å². The van der Waals surface area contributed by atoms with E-state index >= 15 is 0 Å². The summed E-state index contributed by atoms with van der Waals surface area (Å²) in [5.41, 5.74) is 6.55. The number of H-pyrrole nitrogens is 1. The Morgan fingerprint density at radius 1 is 1.43 bits per heavy atom. The average Bonchev–Trinajstić information content (AvgIpc) is 2.85. The number of amides is 1. The van der Waals surface area contributed by atoms with Gasteiger partial charge < -0.3 is 11.1 Å². The van der Waals surface area contributed by atoms with Gasteiger partial charge in [0.15, 0.2) is 5.82 Å². The fraction of sp³-hybridized carbons (Fsp3) is 0.357. The molecule has 21 heavy (non-hydrogen) atoms. The maximum atomic E-state index is 12.1. The number of nitrogens with two attached hydrogens (primary N) is 1. The summed E-state index contributed by atoms with van der Waals surface area (Å²) in [5.74, 6) is 1.25. The second-order valence-electron chi connectivity index (χ2n) is 5.37. The zero-order valence-corrected chi connectivity index (χ0v) is 13.1. The van der Waals surface area contributed by atoms with Gasteiger partial charge in [-0.3, -0.25) is 9.89 Å². The van der Waals surface area contributed by atoms with Gasteiger partial charge in [-0.15, -0.1) is 12.4 Å². The van der Waals surface area contributed by atoms with E-state index in [-0.39, 0.29) is 18.3 Å². The Morgan fingerprint density at radius 3 is 2.71 bits per heavy atom. The number of aromatic amines is 1. The van der Waals surface area contributed by atoms with Crippen LogP contribution in [0, 0.1) is 12.3 Å². The molecule has 0 spiro atoms. The van der Waals surface area contributed by atoms with Crippen molar-refractivity contribution in [3.63, 3.8) is 0 Å². The van der Waals surface area contributed by atoms with Crippen LogP contribution in [0.5, 0.6) is 0 Å². The van der Waals surface area contributed by atoms with Gasteiger partial charge in [0, 0.05) is 17.8 Å². The first-order chi connectivity index (χ1) is 9.42. The number of rotatable bonds is 4. The fourth-order valence-electron chi connectivity index (χ4n) is 1.60. The van der Waals surface area contributed by atoms with E-state index in [2.05, 4.69) is 20.5 Å². The van der Waals surface area contributed by atoms with Crippen molar-refractivity contribution in [2.45, 2.75) is 20.8 Å². The Kier molecular flexibility index (Phi) is 5.46. The minimum Gasteiger partial charge on any atom is -0.329 e. The van der Waals surface area contributed by atoms with E-state index in [0.29, 0.717) is 18.1 Å². The number of carbonyl (C=O) groups is 1. The summed E-state index contributed by atoms with van der Waals surface area (Å²) in [5, 5.41) is 9.76. The van der Waals surface area contributed by atoms with Crippen LogP contribution in [-0.2, 0) is 4.79 Å². The van der Waals surface area contributed by atoms with Crippen LogP contribution < -0.4 is 11.1 Å². The first kappa shape index (κ1) is 17.1. The van der Waals surface area contributed by atoms with Crippen molar-refractivity contribution < 1.29 is 4.79 Å². The van der Waals surface area contributed by atoms with Gasteiger partial charge in [-0.2, -0.15) is 5.10 Å². The monoisotopic (exact) mass is 309 g/mol. The van der Waals surface area contributed by atoms with Gasteiger partial charge in [-0.05, 0) is 32.9 Å². The molecule has 6 nitrogen and oxygen atoms in total. The number of carbonyl (C=O) groups excluding carboxylic acids is 1. The highest BCUT2D eigenvalue weighted by molar-refractivity contribution is 5.95. The van der Waals surface area contributed by atoms with Gasteiger partial charge in [0.25, 0.3) is 0 Å². The number of hydrogen-bond acceptors (Lipinski definition) is 4. The highest BCUT2D eigenvalue weighted by Crippen LogP contribution is 2.21. The van der Waals surface area contributed by atoms with Crippen molar-refractivity contribution in [3.05, 3.63) is 30.1 Å². The summed E-state index contributed by atoms with van der Waals surface area (Å²) < 4.78 is 0. The van der Waals surface area contributed by atoms with E-state index in [4.69, 9.17) is 5.73 Å². The lowest BCUT2D eigenvalue weighted by Crippen LogP contribution is -2.37. The summed E-state index contributed by atoms with van der Waals surface area (Å²) in [6, 6.07) is 7.42. The normalized spacial score (nSPS) is 10.9. The quantitative estimate of drug-likeness (QED) is 0.806. The van der Waals surface area contributed by atoms with Gasteiger partial charge in [0.2, 0.25) is 5.91 Å². The molecule has 7 heteroatoms. The fourth-order valence-corrected chi connectivity index (χ4v) is 1.60. The molecule has 0 bridgehead atoms. The number of nitrogens with one attached hydrogen (secondary N) is 2. The Morgan fingerprint density at radius 2 is 2.14 bits per heavy atom. The molecule has 4 N–H and O–H groups in total. The largest absolute Gasteiger partial charge is 0.329 e. The van der Waals surface area contributed by atoms with Crippen LogP contribution in [0.4, 0.5) is 5.69 Å². The van der Waals surface area contributed by atoms with Crippen LogP contribution in [0.15, 0.2) is 24.3 Å². The summed E-state index contributed by atoms with van der Waals surface area (Å²) in [6.45, 7) is 5.75. The van der Waals surface area contributed by atoms with Crippen molar-refractivity contribution in [2.75, 3.05) is 11.9 Å². The van der Waals surface area contributed by atoms with Crippen LogP contribution in [0.1, 0.15) is 19.7 Å². The van der Waals surface area contributed by atoms with Crippen molar-refractivity contribution in [3.8, 4) is 11.4 Å².